The number of alkyl halides is 1. The third kappa shape index (κ3) is 3.83. The Hall–Kier alpha value is -2.33. The number of aliphatic carboxylic acids is 1. The smallest absolute Gasteiger partial charge is 0.330 e. The van der Waals surface area contributed by atoms with Crippen molar-refractivity contribution in [3.05, 3.63) is 71.8 Å². The van der Waals surface area contributed by atoms with Gasteiger partial charge in [0, 0.05) is 0 Å². The van der Waals surface area contributed by atoms with Gasteiger partial charge in [-0.25, -0.2) is 4.79 Å². The van der Waals surface area contributed by atoms with Crippen LogP contribution in [0.4, 0.5) is 0 Å². The van der Waals surface area contributed by atoms with E-state index < -0.39 is 23.3 Å². The molecule has 0 fully saturated rings. The summed E-state index contributed by atoms with van der Waals surface area (Å²) in [6.07, 6.45) is 0. The molecule has 0 saturated heterocycles. The maximum atomic E-state index is 12.1. The summed E-state index contributed by atoms with van der Waals surface area (Å²) in [4.78, 5) is 23.5. The van der Waals surface area contributed by atoms with Crippen LogP contribution in [0.5, 0.6) is 0 Å². The fourth-order valence-corrected chi connectivity index (χ4v) is 2.13. The van der Waals surface area contributed by atoms with E-state index in [1.54, 1.807) is 54.6 Å². The molecule has 2 rings (SSSR count). The van der Waals surface area contributed by atoms with Crippen LogP contribution in [0.3, 0.4) is 0 Å². The monoisotopic (exact) mass is 303 g/mol. The number of carboxylic acid groups (broad SMARTS) is 1. The van der Waals surface area contributed by atoms with Crippen molar-refractivity contribution < 1.29 is 14.7 Å². The first kappa shape index (κ1) is 15.1. The second kappa shape index (κ2) is 6.90. The number of halogens is 1. The largest absolute Gasteiger partial charge is 0.479 e. The van der Waals surface area contributed by atoms with Crippen molar-refractivity contribution >= 4 is 23.5 Å². The lowest BCUT2D eigenvalue weighted by Gasteiger charge is -2.17. The zero-order valence-electron chi connectivity index (χ0n) is 11.1. The lowest BCUT2D eigenvalue weighted by Crippen LogP contribution is -2.35. The van der Waals surface area contributed by atoms with Crippen molar-refractivity contribution in [2.75, 3.05) is 0 Å². The first-order valence-corrected chi connectivity index (χ1v) is 6.80. The number of carboxylic acids is 1. The molecule has 0 spiro atoms. The lowest BCUT2D eigenvalue weighted by molar-refractivity contribution is -0.142. The van der Waals surface area contributed by atoms with Gasteiger partial charge < -0.3 is 10.4 Å². The van der Waals surface area contributed by atoms with Gasteiger partial charge in [0.1, 0.15) is 5.38 Å². The molecule has 2 N–H and O–H groups in total. The highest BCUT2D eigenvalue weighted by atomic mass is 35.5. The van der Waals surface area contributed by atoms with Crippen LogP contribution in [0.25, 0.3) is 0 Å². The normalized spacial score (nSPS) is 13.2. The van der Waals surface area contributed by atoms with Crippen molar-refractivity contribution in [2.45, 2.75) is 11.4 Å². The molecule has 0 saturated carbocycles. The fourth-order valence-electron chi connectivity index (χ4n) is 1.92. The maximum absolute atomic E-state index is 12.1. The average Bonchev–Trinajstić information content (AvgIpc) is 2.53. The summed E-state index contributed by atoms with van der Waals surface area (Å²) >= 11 is 6.09. The quantitative estimate of drug-likeness (QED) is 0.835. The summed E-state index contributed by atoms with van der Waals surface area (Å²) in [5.74, 6) is -1.68. The SMILES string of the molecule is O=C(NC(C(=O)O)c1ccccc1)C(Cl)c1ccccc1. The van der Waals surface area contributed by atoms with E-state index in [1.807, 2.05) is 6.07 Å². The van der Waals surface area contributed by atoms with Crippen molar-refractivity contribution in [3.63, 3.8) is 0 Å². The second-order valence-corrected chi connectivity index (χ2v) is 4.90. The topological polar surface area (TPSA) is 66.4 Å². The predicted octanol–water partition coefficient (Wildman–Crippen LogP) is 2.91. The van der Waals surface area contributed by atoms with E-state index >= 15 is 0 Å². The summed E-state index contributed by atoms with van der Waals surface area (Å²) < 4.78 is 0. The number of hydrogen-bond donors (Lipinski definition) is 2. The van der Waals surface area contributed by atoms with Crippen LogP contribution in [-0.4, -0.2) is 17.0 Å². The Bertz CT molecular complexity index is 616. The highest BCUT2D eigenvalue weighted by Gasteiger charge is 2.26. The molecule has 0 aliphatic carbocycles. The molecule has 4 nitrogen and oxygen atoms in total. The third-order valence-corrected chi connectivity index (χ3v) is 3.44. The molecule has 0 radical (unpaired) electrons. The van der Waals surface area contributed by atoms with Crippen LogP contribution in [0, 0.1) is 0 Å². The molecule has 5 heteroatoms. The Labute approximate surface area is 127 Å². The van der Waals surface area contributed by atoms with E-state index in [2.05, 4.69) is 5.32 Å². The molecule has 2 unspecified atom stereocenters. The van der Waals surface area contributed by atoms with Gasteiger partial charge in [0.25, 0.3) is 0 Å². The molecule has 0 aromatic heterocycles. The zero-order chi connectivity index (χ0) is 15.2. The van der Waals surface area contributed by atoms with E-state index in [0.29, 0.717) is 11.1 Å². The van der Waals surface area contributed by atoms with Gasteiger partial charge in [-0.1, -0.05) is 60.7 Å². The Kier molecular flexibility index (Phi) is 4.95. The first-order chi connectivity index (χ1) is 10.1. The van der Waals surface area contributed by atoms with E-state index in [4.69, 9.17) is 11.6 Å². The van der Waals surface area contributed by atoms with Gasteiger partial charge in [0.2, 0.25) is 5.91 Å². The maximum Gasteiger partial charge on any atom is 0.330 e. The van der Waals surface area contributed by atoms with Crippen LogP contribution >= 0.6 is 11.6 Å². The molecular weight excluding hydrogens is 290 g/mol. The van der Waals surface area contributed by atoms with Gasteiger partial charge >= 0.3 is 5.97 Å². The van der Waals surface area contributed by atoms with Crippen LogP contribution in [0.15, 0.2) is 60.7 Å². The van der Waals surface area contributed by atoms with Crippen LogP contribution in [0.2, 0.25) is 0 Å². The number of benzene rings is 2. The van der Waals surface area contributed by atoms with Crippen LogP contribution < -0.4 is 5.32 Å². The Morgan fingerprint density at radius 3 is 1.86 bits per heavy atom. The van der Waals surface area contributed by atoms with Gasteiger partial charge in [-0.2, -0.15) is 0 Å². The van der Waals surface area contributed by atoms with Crippen molar-refractivity contribution in [1.82, 2.24) is 5.32 Å². The number of amides is 1. The van der Waals surface area contributed by atoms with E-state index in [9.17, 15) is 14.7 Å². The van der Waals surface area contributed by atoms with Gasteiger partial charge in [-0.15, -0.1) is 11.6 Å². The Morgan fingerprint density at radius 2 is 1.38 bits per heavy atom. The molecule has 1 amide bonds. The molecule has 108 valence electrons. The number of nitrogens with one attached hydrogen (secondary N) is 1. The minimum absolute atomic E-state index is 0.496. The first-order valence-electron chi connectivity index (χ1n) is 6.36. The molecule has 0 heterocycles. The molecule has 0 aliphatic rings. The Balaban J connectivity index is 2.14. The third-order valence-electron chi connectivity index (χ3n) is 2.99. The fraction of sp³-hybridized carbons (Fsp3) is 0.125. The van der Waals surface area contributed by atoms with Gasteiger partial charge in [-0.05, 0) is 11.1 Å². The minimum Gasteiger partial charge on any atom is -0.479 e. The van der Waals surface area contributed by atoms with Gasteiger partial charge in [0.05, 0.1) is 0 Å². The van der Waals surface area contributed by atoms with Gasteiger partial charge in [0.15, 0.2) is 6.04 Å². The zero-order valence-corrected chi connectivity index (χ0v) is 11.8. The summed E-state index contributed by atoms with van der Waals surface area (Å²) in [6, 6.07) is 16.2. The van der Waals surface area contributed by atoms with Crippen molar-refractivity contribution in [1.29, 1.82) is 0 Å². The number of carbonyl (C=O) groups is 2. The lowest BCUT2D eigenvalue weighted by atomic mass is 10.1. The summed E-state index contributed by atoms with van der Waals surface area (Å²) in [6.45, 7) is 0. The number of rotatable bonds is 5. The van der Waals surface area contributed by atoms with Crippen molar-refractivity contribution in [2.24, 2.45) is 0 Å². The van der Waals surface area contributed by atoms with Crippen molar-refractivity contribution in [3.8, 4) is 0 Å². The highest BCUT2D eigenvalue weighted by molar-refractivity contribution is 6.30. The van der Waals surface area contributed by atoms with Crippen LogP contribution in [0.1, 0.15) is 22.5 Å². The standard InChI is InChI=1S/C16H14ClNO3/c17-13(11-7-3-1-4-8-11)15(19)18-14(16(20)21)12-9-5-2-6-10-12/h1-10,13-14H,(H,18,19)(H,20,21). The summed E-state index contributed by atoms with van der Waals surface area (Å²) in [5, 5.41) is 10.8. The summed E-state index contributed by atoms with van der Waals surface area (Å²) in [5.41, 5.74) is 1.11. The molecule has 0 bridgehead atoms. The van der Waals surface area contributed by atoms with Gasteiger partial charge in [-0.3, -0.25) is 4.79 Å². The van der Waals surface area contributed by atoms with E-state index in [-0.39, 0.29) is 0 Å². The predicted molar refractivity (Wildman–Crippen MR) is 80.0 cm³/mol. The molecule has 2 aromatic carbocycles. The van der Waals surface area contributed by atoms with E-state index in [0.717, 1.165) is 0 Å². The number of carbonyl (C=O) groups excluding carboxylic acids is 1. The average molecular weight is 304 g/mol. The molecule has 2 aromatic rings. The molecular formula is C16H14ClNO3. The highest BCUT2D eigenvalue weighted by Crippen LogP contribution is 2.22. The van der Waals surface area contributed by atoms with Crippen LogP contribution in [-0.2, 0) is 9.59 Å². The Morgan fingerprint density at radius 1 is 0.905 bits per heavy atom. The molecule has 2 atom stereocenters. The second-order valence-electron chi connectivity index (χ2n) is 4.46. The summed E-state index contributed by atoms with van der Waals surface area (Å²) in [7, 11) is 0. The molecule has 0 aliphatic heterocycles. The minimum atomic E-state index is -1.13. The molecule has 21 heavy (non-hydrogen) atoms. The number of hydrogen-bond acceptors (Lipinski definition) is 2. The van der Waals surface area contributed by atoms with E-state index in [1.165, 1.54) is 0 Å².